The number of carbonyl (C=O) groups is 2. The van der Waals surface area contributed by atoms with Crippen molar-refractivity contribution in [1.82, 2.24) is 19.4 Å². The maximum atomic E-state index is 15.4. The predicted molar refractivity (Wildman–Crippen MR) is 253 cm³/mol. The lowest BCUT2D eigenvalue weighted by Crippen LogP contribution is -2.62. The molecule has 6 saturated carbocycles. The molecule has 0 bridgehead atoms. The van der Waals surface area contributed by atoms with Gasteiger partial charge in [-0.15, -0.1) is 6.58 Å². The third-order valence-electron chi connectivity index (χ3n) is 18.5. The predicted octanol–water partition coefficient (Wildman–Crippen LogP) is 12.1. The highest BCUT2D eigenvalue weighted by Crippen LogP contribution is 2.72. The molecule has 9 heteroatoms. The fourth-order valence-electron chi connectivity index (χ4n) is 15.5. The number of aliphatic hydroxyl groups excluding tert-OH is 1. The highest BCUT2D eigenvalue weighted by molar-refractivity contribution is 5.84. The molecular formula is C54H83FN4O4. The number of carbonyl (C=O) groups excluding carboxylic acids is 2. The van der Waals surface area contributed by atoms with Crippen molar-refractivity contribution in [1.29, 1.82) is 0 Å². The molecule has 1 aromatic heterocycles. The Morgan fingerprint density at radius 2 is 1.59 bits per heavy atom. The van der Waals surface area contributed by atoms with E-state index in [0.717, 1.165) is 81.2 Å². The van der Waals surface area contributed by atoms with E-state index in [2.05, 4.69) is 75.5 Å². The molecule has 14 atom stereocenters. The number of amides is 1. The van der Waals surface area contributed by atoms with Crippen LogP contribution in [0, 0.1) is 69.4 Å². The van der Waals surface area contributed by atoms with Gasteiger partial charge in [0.25, 0.3) is 0 Å². The molecule has 1 aliphatic heterocycles. The van der Waals surface area contributed by atoms with Gasteiger partial charge in [0.2, 0.25) is 5.91 Å². The summed E-state index contributed by atoms with van der Waals surface area (Å²) in [5, 5.41) is 10.0. The molecule has 8 nitrogen and oxygen atoms in total. The van der Waals surface area contributed by atoms with E-state index in [-0.39, 0.29) is 36.7 Å². The van der Waals surface area contributed by atoms with Gasteiger partial charge in [0.1, 0.15) is 18.4 Å². The number of rotatable bonds is 9. The molecule has 63 heavy (non-hydrogen) atoms. The quantitative estimate of drug-likeness (QED) is 0.199. The minimum atomic E-state index is -0.240. The lowest BCUT2D eigenvalue weighted by Gasteiger charge is -2.68. The second-order valence-electron chi connectivity index (χ2n) is 21.6. The van der Waals surface area contributed by atoms with Gasteiger partial charge in [0, 0.05) is 37.3 Å². The summed E-state index contributed by atoms with van der Waals surface area (Å²) in [7, 11) is 4.20. The Balaban J connectivity index is 0.00000106. The SMILES string of the molecule is C.C=C(O)C1CC(OC2CCC3(C)C(CCC4(C)C5CCC6(C(=O)N7CCCC7c7nc(-c8ccc(F)cc8)cn7CCN(C)C)CCC[C@@H]6C5CCC34)C2C)C1C.C=CC.C=O. The van der Waals surface area contributed by atoms with Crippen LogP contribution in [-0.2, 0) is 20.9 Å². The van der Waals surface area contributed by atoms with E-state index in [9.17, 15) is 9.50 Å². The lowest BCUT2D eigenvalue weighted by molar-refractivity contribution is -0.216. The van der Waals surface area contributed by atoms with Crippen molar-refractivity contribution in [2.24, 2.45) is 63.6 Å². The number of nitrogens with zero attached hydrogens (tertiary/aromatic N) is 4. The summed E-state index contributed by atoms with van der Waals surface area (Å²) < 4.78 is 23.0. The second-order valence-corrected chi connectivity index (χ2v) is 21.6. The van der Waals surface area contributed by atoms with Crippen LogP contribution in [0.4, 0.5) is 4.39 Å². The number of likely N-dealkylation sites (N-methyl/N-ethyl adjacent to an activating group) is 1. The van der Waals surface area contributed by atoms with Crippen LogP contribution in [0.5, 0.6) is 0 Å². The Bertz CT molecular complexity index is 1900. The van der Waals surface area contributed by atoms with Crippen molar-refractivity contribution in [2.75, 3.05) is 27.2 Å². The topological polar surface area (TPSA) is 87.9 Å². The number of ether oxygens (including phenoxy) is 1. The lowest BCUT2D eigenvalue weighted by atomic mass is 9.37. The van der Waals surface area contributed by atoms with E-state index in [4.69, 9.17) is 14.5 Å². The summed E-state index contributed by atoms with van der Waals surface area (Å²) in [6, 6.07) is 6.65. The molecular weight excluding hydrogens is 788 g/mol. The number of aliphatic hydroxyl groups is 1. The molecule has 9 rings (SSSR count). The summed E-state index contributed by atoms with van der Waals surface area (Å²) in [4.78, 5) is 33.1. The largest absolute Gasteiger partial charge is 0.513 e. The Hall–Kier alpha value is -3.30. The van der Waals surface area contributed by atoms with E-state index in [1.165, 1.54) is 63.5 Å². The van der Waals surface area contributed by atoms with Gasteiger partial charge < -0.3 is 29.0 Å². The van der Waals surface area contributed by atoms with Crippen LogP contribution in [0.1, 0.15) is 144 Å². The van der Waals surface area contributed by atoms with Crippen LogP contribution in [0.15, 0.2) is 55.5 Å². The van der Waals surface area contributed by atoms with Crippen LogP contribution >= 0.6 is 0 Å². The summed E-state index contributed by atoms with van der Waals surface area (Å²) in [5.74, 6) is 5.89. The monoisotopic (exact) mass is 871 g/mol. The Morgan fingerprint density at radius 1 is 0.921 bits per heavy atom. The van der Waals surface area contributed by atoms with Crippen molar-refractivity contribution in [3.63, 3.8) is 0 Å². The van der Waals surface area contributed by atoms with E-state index < -0.39 is 0 Å². The molecule has 1 amide bonds. The normalized spacial score (nSPS) is 38.7. The first kappa shape index (κ1) is 49.1. The molecule has 0 spiro atoms. The number of benzene rings is 1. The Labute approximate surface area is 380 Å². The van der Waals surface area contributed by atoms with Gasteiger partial charge in [-0.05, 0) is 181 Å². The summed E-state index contributed by atoms with van der Waals surface area (Å²) in [6.07, 6.45) is 20.6. The molecule has 13 unspecified atom stereocenters. The highest BCUT2D eigenvalue weighted by atomic mass is 19.1. The van der Waals surface area contributed by atoms with E-state index in [1.807, 2.05) is 25.8 Å². The zero-order valence-electron chi connectivity index (χ0n) is 39.3. The molecule has 6 aliphatic carbocycles. The van der Waals surface area contributed by atoms with Crippen molar-refractivity contribution in [3.05, 3.63) is 67.1 Å². The third kappa shape index (κ3) is 8.65. The van der Waals surface area contributed by atoms with Crippen molar-refractivity contribution >= 4 is 12.7 Å². The zero-order valence-corrected chi connectivity index (χ0v) is 39.3. The number of likely N-dealkylation sites (tertiary alicyclic amines) is 1. The van der Waals surface area contributed by atoms with Crippen LogP contribution < -0.4 is 0 Å². The van der Waals surface area contributed by atoms with Gasteiger partial charge in [-0.25, -0.2) is 9.37 Å². The zero-order chi connectivity index (χ0) is 44.7. The summed E-state index contributed by atoms with van der Waals surface area (Å²) in [5.41, 5.74) is 2.22. The van der Waals surface area contributed by atoms with Gasteiger partial charge in [-0.2, -0.15) is 0 Å². The number of halogens is 1. The van der Waals surface area contributed by atoms with E-state index in [1.54, 1.807) is 6.08 Å². The van der Waals surface area contributed by atoms with Crippen LogP contribution in [0.25, 0.3) is 11.3 Å². The first-order valence-electron chi connectivity index (χ1n) is 24.3. The standard InChI is InChI=1S/C49H71FN4O3.C3H6.CH2O.CH4/c1-30-36(32(3)55)28-43(30)57-42-20-23-47(4)37(31(42)2)18-22-48(5)38-19-24-49(21-8-10-39(49)35(38)16-17-44(47)48)46(56)54-25-9-11-41(54)45-51-40(29-53(45)27-26-52(6)7)33-12-14-34(50)15-13-33;1-3-2;1-2;/h12-15,29-31,35-39,41-44,55H,3,8-11,16-28H2,1-2,4-7H3;3H,1H2,2H3;1H2;1H4/t30?,31?,35?,36?,37?,38?,39-,41?,42?,43?,44?,47?,48?,49?;;;/m1.../s1. The van der Waals surface area contributed by atoms with Crippen LogP contribution in [-0.4, -0.2) is 76.5 Å². The number of fused-ring (bicyclic) bond motifs is 7. The maximum Gasteiger partial charge on any atom is 0.229 e. The van der Waals surface area contributed by atoms with Crippen LogP contribution in [0.2, 0.25) is 0 Å². The first-order valence-corrected chi connectivity index (χ1v) is 24.3. The van der Waals surface area contributed by atoms with Crippen molar-refractivity contribution in [3.8, 4) is 11.3 Å². The Kier molecular flexibility index (Phi) is 15.3. The molecule has 0 radical (unpaired) electrons. The second kappa shape index (κ2) is 19.7. The number of hydrogen-bond donors (Lipinski definition) is 1. The smallest absolute Gasteiger partial charge is 0.229 e. The van der Waals surface area contributed by atoms with Gasteiger partial charge in [-0.3, -0.25) is 4.79 Å². The molecule has 1 N–H and O–H groups in total. The highest BCUT2D eigenvalue weighted by Gasteiger charge is 2.66. The van der Waals surface area contributed by atoms with Gasteiger partial charge in [-0.1, -0.05) is 54.2 Å². The number of imidazole rings is 1. The fourth-order valence-corrected chi connectivity index (χ4v) is 15.5. The van der Waals surface area contributed by atoms with E-state index >= 15 is 4.79 Å². The van der Waals surface area contributed by atoms with Crippen molar-refractivity contribution in [2.45, 2.75) is 157 Å². The Morgan fingerprint density at radius 3 is 2.25 bits per heavy atom. The number of aromatic nitrogens is 2. The fraction of sp³-hybridized carbons (Fsp3) is 0.722. The van der Waals surface area contributed by atoms with Crippen molar-refractivity contribution < 1.29 is 23.8 Å². The van der Waals surface area contributed by atoms with E-state index in [0.29, 0.717) is 64.1 Å². The first-order chi connectivity index (χ1) is 29.7. The molecule has 350 valence electrons. The number of allylic oxidation sites excluding steroid dienone is 2. The molecule has 7 fully saturated rings. The number of hydrogen-bond acceptors (Lipinski definition) is 6. The third-order valence-corrected chi connectivity index (χ3v) is 18.5. The average Bonchev–Trinajstić information content (AvgIpc) is 4.02. The minimum absolute atomic E-state index is 0. The molecule has 2 aromatic rings. The molecule has 1 saturated heterocycles. The van der Waals surface area contributed by atoms with Gasteiger partial charge >= 0.3 is 0 Å². The molecule has 7 aliphatic rings. The van der Waals surface area contributed by atoms with Gasteiger partial charge in [0.15, 0.2) is 0 Å². The summed E-state index contributed by atoms with van der Waals surface area (Å²) in [6.45, 7) is 23.7. The van der Waals surface area contributed by atoms with Crippen LogP contribution in [0.3, 0.4) is 0 Å². The summed E-state index contributed by atoms with van der Waals surface area (Å²) >= 11 is 0. The van der Waals surface area contributed by atoms with Gasteiger partial charge in [0.05, 0.1) is 35.1 Å². The minimum Gasteiger partial charge on any atom is -0.513 e. The molecule has 2 heterocycles. The molecule has 1 aromatic carbocycles. The maximum absolute atomic E-state index is 15.4. The average molecular weight is 871 g/mol.